The maximum Gasteiger partial charge on any atom is 0.337 e. The molecule has 1 N–H and O–H groups in total. The first kappa shape index (κ1) is 19.7. The van der Waals surface area contributed by atoms with Crippen LogP contribution < -0.4 is 10.1 Å². The van der Waals surface area contributed by atoms with Crippen molar-refractivity contribution in [2.24, 2.45) is 0 Å². The highest BCUT2D eigenvalue weighted by molar-refractivity contribution is 6.36. The molecular weight excluding hydrogens is 402 g/mol. The number of nitrogens with one attached hydrogen (secondary N) is 1. The Morgan fingerprint density at radius 1 is 1.07 bits per heavy atom. The maximum absolute atomic E-state index is 12.4. The van der Waals surface area contributed by atoms with Gasteiger partial charge in [-0.2, -0.15) is 0 Å². The first-order chi connectivity index (χ1) is 14.5. The average molecular weight is 420 g/mol. The number of fused-ring (bicyclic) bond motifs is 1. The van der Waals surface area contributed by atoms with Gasteiger partial charge in [0.25, 0.3) is 5.91 Å². The summed E-state index contributed by atoms with van der Waals surface area (Å²) >= 11 is 6.02. The standard InChI is InChI=1S/C24H18ClNO4/c1-29-24(28)16-8-6-15(7-9-16)14-30-22-5-3-2-4-17(22)12-20-19-11-10-18(25)13-21(19)26-23(20)27/h2-13H,14H2,1H3,(H,26,27)/b20-12+. The van der Waals surface area contributed by atoms with Crippen LogP contribution in [0.1, 0.15) is 27.0 Å². The summed E-state index contributed by atoms with van der Waals surface area (Å²) < 4.78 is 10.7. The van der Waals surface area contributed by atoms with Crippen LogP contribution in [-0.4, -0.2) is 19.0 Å². The summed E-state index contributed by atoms with van der Waals surface area (Å²) in [6.45, 7) is 0.319. The number of hydrogen-bond donors (Lipinski definition) is 1. The van der Waals surface area contributed by atoms with Crippen LogP contribution in [0, 0.1) is 0 Å². The second-order valence-corrected chi connectivity index (χ2v) is 7.15. The lowest BCUT2D eigenvalue weighted by atomic mass is 10.0. The fourth-order valence-corrected chi connectivity index (χ4v) is 3.38. The van der Waals surface area contributed by atoms with Crippen molar-refractivity contribution in [1.29, 1.82) is 0 Å². The molecule has 1 aliphatic rings. The zero-order chi connectivity index (χ0) is 21.1. The zero-order valence-corrected chi connectivity index (χ0v) is 16.9. The minimum absolute atomic E-state index is 0.180. The summed E-state index contributed by atoms with van der Waals surface area (Å²) in [5, 5.41) is 3.40. The van der Waals surface area contributed by atoms with Gasteiger partial charge in [0.2, 0.25) is 0 Å². The second kappa shape index (κ2) is 8.43. The van der Waals surface area contributed by atoms with E-state index in [9.17, 15) is 9.59 Å². The Kier molecular flexibility index (Phi) is 5.55. The van der Waals surface area contributed by atoms with Gasteiger partial charge in [-0.15, -0.1) is 0 Å². The van der Waals surface area contributed by atoms with Crippen LogP contribution in [0.2, 0.25) is 5.02 Å². The molecule has 1 amide bonds. The first-order valence-corrected chi connectivity index (χ1v) is 9.65. The van der Waals surface area contributed by atoms with E-state index in [0.29, 0.717) is 34.2 Å². The van der Waals surface area contributed by atoms with E-state index in [4.69, 9.17) is 21.1 Å². The number of methoxy groups -OCH3 is 1. The smallest absolute Gasteiger partial charge is 0.337 e. The molecule has 5 nitrogen and oxygen atoms in total. The topological polar surface area (TPSA) is 64.6 Å². The molecule has 0 aliphatic carbocycles. The van der Waals surface area contributed by atoms with Gasteiger partial charge in [0, 0.05) is 21.7 Å². The third-order valence-electron chi connectivity index (χ3n) is 4.75. The maximum atomic E-state index is 12.4. The molecule has 4 rings (SSSR count). The lowest BCUT2D eigenvalue weighted by Crippen LogP contribution is -2.04. The van der Waals surface area contributed by atoms with Gasteiger partial charge in [0.15, 0.2) is 0 Å². The Morgan fingerprint density at radius 2 is 1.83 bits per heavy atom. The Balaban J connectivity index is 1.56. The van der Waals surface area contributed by atoms with E-state index in [2.05, 4.69) is 5.32 Å². The predicted octanol–water partition coefficient (Wildman–Crippen LogP) is 5.20. The molecule has 0 unspecified atom stereocenters. The van der Waals surface area contributed by atoms with E-state index < -0.39 is 0 Å². The number of ether oxygens (including phenoxy) is 2. The number of carbonyl (C=O) groups excluding carboxylic acids is 2. The normalized spacial score (nSPS) is 13.7. The Labute approximate surface area is 178 Å². The summed E-state index contributed by atoms with van der Waals surface area (Å²) in [5.41, 5.74) is 4.23. The van der Waals surface area contributed by atoms with Crippen LogP contribution in [0.15, 0.2) is 66.7 Å². The minimum Gasteiger partial charge on any atom is -0.488 e. The molecule has 0 bridgehead atoms. The number of halogens is 1. The molecule has 1 aliphatic heterocycles. The molecule has 0 spiro atoms. The molecule has 30 heavy (non-hydrogen) atoms. The van der Waals surface area contributed by atoms with Crippen molar-refractivity contribution >= 4 is 40.8 Å². The Bertz CT molecular complexity index is 1150. The van der Waals surface area contributed by atoms with Crippen LogP contribution in [0.4, 0.5) is 5.69 Å². The molecule has 0 saturated carbocycles. The van der Waals surface area contributed by atoms with E-state index in [0.717, 1.165) is 16.7 Å². The summed E-state index contributed by atoms with van der Waals surface area (Å²) in [5.74, 6) is 0.0913. The third kappa shape index (κ3) is 4.07. The molecule has 0 aromatic heterocycles. The van der Waals surface area contributed by atoms with Gasteiger partial charge in [-0.1, -0.05) is 48.0 Å². The molecule has 0 atom stereocenters. The van der Waals surface area contributed by atoms with Gasteiger partial charge in [0.1, 0.15) is 12.4 Å². The highest BCUT2D eigenvalue weighted by atomic mass is 35.5. The van der Waals surface area contributed by atoms with Crippen molar-refractivity contribution in [3.05, 3.63) is 94.0 Å². The predicted molar refractivity (Wildman–Crippen MR) is 117 cm³/mol. The highest BCUT2D eigenvalue weighted by Crippen LogP contribution is 2.36. The molecule has 1 heterocycles. The first-order valence-electron chi connectivity index (χ1n) is 9.27. The lowest BCUT2D eigenvalue weighted by Gasteiger charge is -2.10. The number of anilines is 1. The van der Waals surface area contributed by atoms with Crippen molar-refractivity contribution in [3.63, 3.8) is 0 Å². The van der Waals surface area contributed by atoms with E-state index in [1.807, 2.05) is 48.5 Å². The van der Waals surface area contributed by atoms with Crippen LogP contribution >= 0.6 is 11.6 Å². The summed E-state index contributed by atoms with van der Waals surface area (Å²) in [6, 6.07) is 19.9. The minimum atomic E-state index is -0.379. The molecule has 0 saturated heterocycles. The molecule has 150 valence electrons. The van der Waals surface area contributed by atoms with Crippen LogP contribution in [-0.2, 0) is 16.1 Å². The molecular formula is C24H18ClNO4. The molecule has 6 heteroatoms. The molecule has 3 aromatic rings. The Morgan fingerprint density at radius 3 is 2.60 bits per heavy atom. The van der Waals surface area contributed by atoms with Gasteiger partial charge in [-0.05, 0) is 42.0 Å². The van der Waals surface area contributed by atoms with Gasteiger partial charge in [-0.3, -0.25) is 4.79 Å². The largest absolute Gasteiger partial charge is 0.488 e. The number of hydrogen-bond acceptors (Lipinski definition) is 4. The number of amides is 1. The Hall–Kier alpha value is -3.57. The van der Waals surface area contributed by atoms with Gasteiger partial charge in [-0.25, -0.2) is 4.79 Å². The number of esters is 1. The second-order valence-electron chi connectivity index (χ2n) is 6.72. The van der Waals surface area contributed by atoms with Crippen LogP contribution in [0.3, 0.4) is 0 Å². The van der Waals surface area contributed by atoms with E-state index in [1.165, 1.54) is 7.11 Å². The van der Waals surface area contributed by atoms with E-state index in [-0.39, 0.29) is 11.9 Å². The number of benzene rings is 3. The van der Waals surface area contributed by atoms with E-state index in [1.54, 1.807) is 24.3 Å². The quantitative estimate of drug-likeness (QED) is 0.456. The summed E-state index contributed by atoms with van der Waals surface area (Å²) in [4.78, 5) is 24.0. The van der Waals surface area contributed by atoms with Crippen LogP contribution in [0.5, 0.6) is 5.75 Å². The molecule has 0 radical (unpaired) electrons. The zero-order valence-electron chi connectivity index (χ0n) is 16.1. The summed E-state index contributed by atoms with van der Waals surface area (Å²) in [6.07, 6.45) is 1.81. The van der Waals surface area contributed by atoms with Gasteiger partial charge < -0.3 is 14.8 Å². The molecule has 0 fully saturated rings. The number of rotatable bonds is 5. The van der Waals surface area contributed by atoms with Crippen molar-refractivity contribution in [1.82, 2.24) is 0 Å². The SMILES string of the molecule is COC(=O)c1ccc(COc2ccccc2/C=C2/C(=O)Nc3cc(Cl)ccc32)cc1. The van der Waals surface area contributed by atoms with E-state index >= 15 is 0 Å². The summed E-state index contributed by atoms with van der Waals surface area (Å²) in [7, 11) is 1.35. The van der Waals surface area contributed by atoms with Gasteiger partial charge >= 0.3 is 5.97 Å². The monoisotopic (exact) mass is 419 g/mol. The number of para-hydroxylation sites is 1. The van der Waals surface area contributed by atoms with Gasteiger partial charge in [0.05, 0.1) is 18.4 Å². The average Bonchev–Trinajstić information content (AvgIpc) is 3.07. The fraction of sp³-hybridized carbons (Fsp3) is 0.0833. The van der Waals surface area contributed by atoms with Crippen molar-refractivity contribution in [3.8, 4) is 5.75 Å². The van der Waals surface area contributed by atoms with Crippen molar-refractivity contribution in [2.45, 2.75) is 6.61 Å². The third-order valence-corrected chi connectivity index (χ3v) is 4.99. The highest BCUT2D eigenvalue weighted by Gasteiger charge is 2.24. The molecule has 3 aromatic carbocycles. The van der Waals surface area contributed by atoms with Crippen molar-refractivity contribution in [2.75, 3.05) is 12.4 Å². The lowest BCUT2D eigenvalue weighted by molar-refractivity contribution is -0.110. The van der Waals surface area contributed by atoms with Crippen molar-refractivity contribution < 1.29 is 19.1 Å². The number of carbonyl (C=O) groups is 2. The van der Waals surface area contributed by atoms with Crippen LogP contribution in [0.25, 0.3) is 11.6 Å². The fourth-order valence-electron chi connectivity index (χ4n) is 3.21.